The van der Waals surface area contributed by atoms with Gasteiger partial charge in [-0.3, -0.25) is 24.1 Å². The Morgan fingerprint density at radius 1 is 1.09 bits per heavy atom. The summed E-state index contributed by atoms with van der Waals surface area (Å²) in [7, 11) is 0. The Labute approximate surface area is 191 Å². The summed E-state index contributed by atoms with van der Waals surface area (Å²) in [5, 5.41) is 4.52. The molecule has 2 aliphatic heterocycles. The number of fused-ring (bicyclic) bond motifs is 1. The van der Waals surface area contributed by atoms with Crippen molar-refractivity contribution in [3.8, 4) is 11.5 Å². The Morgan fingerprint density at radius 3 is 2.70 bits per heavy atom. The quantitative estimate of drug-likeness (QED) is 0.595. The molecule has 4 rings (SSSR count). The number of carbonyl (C=O) groups is 4. The van der Waals surface area contributed by atoms with Crippen molar-refractivity contribution in [2.75, 3.05) is 26.4 Å². The lowest BCUT2D eigenvalue weighted by Crippen LogP contribution is -2.41. The van der Waals surface area contributed by atoms with Crippen LogP contribution in [0.1, 0.15) is 15.9 Å². The predicted octanol–water partition coefficient (Wildman–Crippen LogP) is 2.14. The molecule has 0 atom stereocenters. The van der Waals surface area contributed by atoms with Crippen molar-refractivity contribution >= 4 is 40.8 Å². The van der Waals surface area contributed by atoms with E-state index in [1.165, 1.54) is 30.3 Å². The summed E-state index contributed by atoms with van der Waals surface area (Å²) < 4.78 is 24.2. The van der Waals surface area contributed by atoms with E-state index in [1.807, 2.05) is 0 Å². The van der Waals surface area contributed by atoms with E-state index in [0.717, 1.165) is 4.90 Å². The first kappa shape index (κ1) is 22.3. The molecule has 0 saturated carbocycles. The van der Waals surface area contributed by atoms with E-state index < -0.39 is 28.8 Å². The third-order valence-electron chi connectivity index (χ3n) is 4.77. The number of halogens is 1. The van der Waals surface area contributed by atoms with Gasteiger partial charge in [0.25, 0.3) is 17.1 Å². The first-order valence-electron chi connectivity index (χ1n) is 9.87. The first-order chi connectivity index (χ1) is 15.9. The van der Waals surface area contributed by atoms with E-state index in [9.17, 15) is 23.6 Å². The summed E-state index contributed by atoms with van der Waals surface area (Å²) in [4.78, 5) is 49.9. The van der Waals surface area contributed by atoms with Gasteiger partial charge in [0.05, 0.1) is 11.4 Å². The molecule has 0 radical (unpaired) electrons. The largest absolute Gasteiger partial charge is 0.454 e. The van der Waals surface area contributed by atoms with Crippen molar-refractivity contribution in [3.05, 3.63) is 64.3 Å². The summed E-state index contributed by atoms with van der Waals surface area (Å²) >= 11 is 0.707. The lowest BCUT2D eigenvalue weighted by atomic mass is 10.2. The molecular weight excluding hydrogens is 453 g/mol. The molecule has 0 bridgehead atoms. The molecule has 2 aromatic rings. The van der Waals surface area contributed by atoms with Gasteiger partial charge in [0.15, 0.2) is 11.5 Å². The van der Waals surface area contributed by atoms with E-state index in [0.29, 0.717) is 28.8 Å². The monoisotopic (exact) mass is 471 g/mol. The van der Waals surface area contributed by atoms with Gasteiger partial charge in [-0.25, -0.2) is 4.39 Å². The molecule has 11 heteroatoms. The van der Waals surface area contributed by atoms with Crippen molar-refractivity contribution in [1.82, 2.24) is 15.5 Å². The highest BCUT2D eigenvalue weighted by Crippen LogP contribution is 2.33. The van der Waals surface area contributed by atoms with Gasteiger partial charge < -0.3 is 20.1 Å². The molecule has 2 aromatic carbocycles. The van der Waals surface area contributed by atoms with E-state index in [4.69, 9.17) is 9.47 Å². The molecule has 2 N–H and O–H groups in total. The number of carbonyl (C=O) groups excluding carboxylic acids is 4. The minimum absolute atomic E-state index is 0.00372. The van der Waals surface area contributed by atoms with Gasteiger partial charge in [-0.1, -0.05) is 18.2 Å². The van der Waals surface area contributed by atoms with Crippen molar-refractivity contribution in [1.29, 1.82) is 0 Å². The SMILES string of the molecule is O=C(CNC(=O)c1ccc2c(c1)OCO2)NCCN1C(=O)S/C(=C\c2ccccc2F)C1=O. The number of hydrogen-bond acceptors (Lipinski definition) is 7. The molecule has 33 heavy (non-hydrogen) atoms. The number of amides is 4. The highest BCUT2D eigenvalue weighted by atomic mass is 32.2. The Kier molecular flexibility index (Phi) is 6.59. The number of benzene rings is 2. The molecule has 1 saturated heterocycles. The normalized spacial score (nSPS) is 15.8. The Bertz CT molecular complexity index is 1170. The fraction of sp³-hybridized carbons (Fsp3) is 0.182. The predicted molar refractivity (Wildman–Crippen MR) is 117 cm³/mol. The minimum atomic E-state index is -0.557. The van der Waals surface area contributed by atoms with Crippen LogP contribution >= 0.6 is 11.8 Å². The van der Waals surface area contributed by atoms with Gasteiger partial charge in [-0.2, -0.15) is 0 Å². The third kappa shape index (κ3) is 5.14. The van der Waals surface area contributed by atoms with Gasteiger partial charge >= 0.3 is 0 Å². The van der Waals surface area contributed by atoms with Gasteiger partial charge in [0.2, 0.25) is 12.7 Å². The zero-order valence-corrected chi connectivity index (χ0v) is 17.9. The maximum atomic E-state index is 13.8. The van der Waals surface area contributed by atoms with Crippen molar-refractivity contribution in [2.45, 2.75) is 0 Å². The molecule has 9 nitrogen and oxygen atoms in total. The summed E-state index contributed by atoms with van der Waals surface area (Å²) in [5.74, 6) is -1.02. The van der Waals surface area contributed by atoms with Crippen molar-refractivity contribution in [2.24, 2.45) is 0 Å². The Hall–Kier alpha value is -3.86. The van der Waals surface area contributed by atoms with Crippen LogP contribution in [0.4, 0.5) is 9.18 Å². The number of nitrogens with zero attached hydrogens (tertiary/aromatic N) is 1. The topological polar surface area (TPSA) is 114 Å². The summed E-state index contributed by atoms with van der Waals surface area (Å²) in [5.41, 5.74) is 0.515. The second kappa shape index (κ2) is 9.74. The van der Waals surface area contributed by atoms with Crippen LogP contribution in [-0.2, 0) is 9.59 Å². The van der Waals surface area contributed by atoms with Crippen LogP contribution in [0.25, 0.3) is 6.08 Å². The minimum Gasteiger partial charge on any atom is -0.454 e. The Balaban J connectivity index is 1.24. The molecule has 2 heterocycles. The highest BCUT2D eigenvalue weighted by molar-refractivity contribution is 8.18. The summed E-state index contributed by atoms with van der Waals surface area (Å²) in [6.45, 7) is -0.253. The summed E-state index contributed by atoms with van der Waals surface area (Å²) in [6, 6.07) is 10.6. The standard InChI is InChI=1S/C22H18FN3O6S/c23-15-4-2-1-3-13(15)10-18-21(29)26(22(30)33-18)8-7-24-19(27)11-25-20(28)14-5-6-16-17(9-14)32-12-31-16/h1-6,9-10H,7-8,11-12H2,(H,24,27)(H,25,28)/b18-10-. The van der Waals surface area contributed by atoms with Crippen LogP contribution < -0.4 is 20.1 Å². The zero-order chi connectivity index (χ0) is 23.4. The molecule has 0 unspecified atom stereocenters. The highest BCUT2D eigenvalue weighted by Gasteiger charge is 2.34. The smallest absolute Gasteiger partial charge is 0.293 e. The van der Waals surface area contributed by atoms with Crippen molar-refractivity contribution < 1.29 is 33.0 Å². The number of nitrogens with one attached hydrogen (secondary N) is 2. The van der Waals surface area contributed by atoms with E-state index in [2.05, 4.69) is 10.6 Å². The number of hydrogen-bond donors (Lipinski definition) is 2. The van der Waals surface area contributed by atoms with Crippen LogP contribution in [0.15, 0.2) is 47.4 Å². The molecular formula is C22H18FN3O6S. The average molecular weight is 471 g/mol. The van der Waals surface area contributed by atoms with Crippen LogP contribution in [0, 0.1) is 5.82 Å². The Morgan fingerprint density at radius 2 is 1.88 bits per heavy atom. The fourth-order valence-electron chi connectivity index (χ4n) is 3.10. The van der Waals surface area contributed by atoms with Crippen LogP contribution in [-0.4, -0.2) is 54.3 Å². The molecule has 4 amide bonds. The maximum Gasteiger partial charge on any atom is 0.293 e. The molecule has 0 aromatic heterocycles. The molecule has 170 valence electrons. The number of imide groups is 1. The van der Waals surface area contributed by atoms with E-state index in [-0.39, 0.29) is 36.9 Å². The number of thioether (sulfide) groups is 1. The number of ether oxygens (including phenoxy) is 2. The molecule has 0 aliphatic carbocycles. The van der Waals surface area contributed by atoms with Gasteiger partial charge in [0.1, 0.15) is 5.82 Å². The van der Waals surface area contributed by atoms with Gasteiger partial charge in [-0.05, 0) is 42.1 Å². The fourth-order valence-corrected chi connectivity index (χ4v) is 3.95. The van der Waals surface area contributed by atoms with Crippen LogP contribution in [0.2, 0.25) is 0 Å². The van der Waals surface area contributed by atoms with Gasteiger partial charge in [0, 0.05) is 24.2 Å². The second-order valence-electron chi connectivity index (χ2n) is 6.96. The van der Waals surface area contributed by atoms with Crippen LogP contribution in [0.3, 0.4) is 0 Å². The molecule has 0 spiro atoms. The van der Waals surface area contributed by atoms with E-state index in [1.54, 1.807) is 18.2 Å². The van der Waals surface area contributed by atoms with Crippen molar-refractivity contribution in [3.63, 3.8) is 0 Å². The lowest BCUT2D eigenvalue weighted by Gasteiger charge is -2.13. The van der Waals surface area contributed by atoms with Crippen LogP contribution in [0.5, 0.6) is 11.5 Å². The zero-order valence-electron chi connectivity index (χ0n) is 17.1. The average Bonchev–Trinajstić information content (AvgIpc) is 3.38. The third-order valence-corrected chi connectivity index (χ3v) is 5.67. The lowest BCUT2D eigenvalue weighted by molar-refractivity contribution is -0.124. The summed E-state index contributed by atoms with van der Waals surface area (Å²) in [6.07, 6.45) is 1.32. The number of rotatable bonds is 7. The molecule has 1 fully saturated rings. The van der Waals surface area contributed by atoms with Gasteiger partial charge in [-0.15, -0.1) is 0 Å². The maximum absolute atomic E-state index is 13.8. The first-order valence-corrected chi connectivity index (χ1v) is 10.7. The van der Waals surface area contributed by atoms with E-state index >= 15 is 0 Å². The second-order valence-corrected chi connectivity index (χ2v) is 7.95. The molecule has 2 aliphatic rings.